The van der Waals surface area contributed by atoms with E-state index in [1.54, 1.807) is 18.2 Å². The highest BCUT2D eigenvalue weighted by Crippen LogP contribution is 2.26. The highest BCUT2D eigenvalue weighted by molar-refractivity contribution is 7.89. The minimum atomic E-state index is -3.43. The van der Waals surface area contributed by atoms with Gasteiger partial charge in [-0.3, -0.25) is 0 Å². The molecule has 4 nitrogen and oxygen atoms in total. The monoisotopic (exact) mass is 316 g/mol. The predicted octanol–water partition coefficient (Wildman–Crippen LogP) is 2.34. The lowest BCUT2D eigenvalue weighted by atomic mass is 10.2. The smallest absolute Gasteiger partial charge is 0.240 e. The average molecular weight is 316 g/mol. The number of nitrogens with zero attached hydrogens (tertiary/aromatic N) is 1. The van der Waals surface area contributed by atoms with Crippen LogP contribution in [-0.2, 0) is 16.4 Å². The minimum Gasteiger partial charge on any atom is -0.370 e. The van der Waals surface area contributed by atoms with Gasteiger partial charge >= 0.3 is 0 Å². The Kier molecular flexibility index (Phi) is 4.18. The average Bonchev–Trinajstić information content (AvgIpc) is 2.91. The maximum atomic E-state index is 12.3. The summed E-state index contributed by atoms with van der Waals surface area (Å²) in [7, 11) is -3.43. The van der Waals surface area contributed by atoms with Crippen LogP contribution in [0, 0.1) is 6.92 Å². The van der Waals surface area contributed by atoms with Crippen molar-refractivity contribution in [3.05, 3.63) is 59.7 Å². The summed E-state index contributed by atoms with van der Waals surface area (Å²) in [6.45, 7) is 3.93. The molecule has 0 radical (unpaired) electrons. The fraction of sp³-hybridized carbons (Fsp3) is 0.294. The van der Waals surface area contributed by atoms with Crippen molar-refractivity contribution in [1.82, 2.24) is 4.72 Å². The first kappa shape index (κ1) is 15.1. The molecule has 1 aliphatic heterocycles. The number of hydrogen-bond acceptors (Lipinski definition) is 3. The molecule has 0 spiro atoms. The molecule has 1 aliphatic rings. The Labute approximate surface area is 131 Å². The topological polar surface area (TPSA) is 49.4 Å². The molecule has 1 heterocycles. The quantitative estimate of drug-likeness (QED) is 0.921. The Hall–Kier alpha value is -1.85. The van der Waals surface area contributed by atoms with Gasteiger partial charge < -0.3 is 4.90 Å². The number of anilines is 1. The fourth-order valence-electron chi connectivity index (χ4n) is 2.82. The standard InChI is InChI=1S/C17H20N2O2S/c1-14-5-4-7-16(13-14)22(20,21)18-10-12-19-11-9-15-6-2-3-8-17(15)19/h2-8,13,18H,9-12H2,1H3. The summed E-state index contributed by atoms with van der Waals surface area (Å²) in [5.41, 5.74) is 3.50. The lowest BCUT2D eigenvalue weighted by molar-refractivity contribution is 0.581. The maximum Gasteiger partial charge on any atom is 0.240 e. The van der Waals surface area contributed by atoms with E-state index in [9.17, 15) is 8.42 Å². The van der Waals surface area contributed by atoms with E-state index in [1.807, 2.05) is 25.1 Å². The molecular formula is C17H20N2O2S. The Balaban J connectivity index is 1.62. The summed E-state index contributed by atoms with van der Waals surface area (Å²) in [5.74, 6) is 0. The van der Waals surface area contributed by atoms with Crippen LogP contribution in [-0.4, -0.2) is 28.1 Å². The van der Waals surface area contributed by atoms with Gasteiger partial charge in [0.1, 0.15) is 0 Å². The summed E-state index contributed by atoms with van der Waals surface area (Å²) in [5, 5.41) is 0. The van der Waals surface area contributed by atoms with Gasteiger partial charge in [-0.05, 0) is 42.7 Å². The van der Waals surface area contributed by atoms with Crippen LogP contribution in [0.5, 0.6) is 0 Å². The summed E-state index contributed by atoms with van der Waals surface area (Å²) in [6.07, 6.45) is 1.03. The SMILES string of the molecule is Cc1cccc(S(=O)(=O)NCCN2CCc3ccccc32)c1. The van der Waals surface area contributed by atoms with E-state index in [2.05, 4.69) is 21.8 Å². The minimum absolute atomic E-state index is 0.328. The van der Waals surface area contributed by atoms with Crippen molar-refractivity contribution in [3.8, 4) is 0 Å². The van der Waals surface area contributed by atoms with Gasteiger partial charge in [-0.15, -0.1) is 0 Å². The van der Waals surface area contributed by atoms with E-state index < -0.39 is 10.0 Å². The Morgan fingerprint density at radius 2 is 1.95 bits per heavy atom. The van der Waals surface area contributed by atoms with Crippen molar-refractivity contribution in [2.75, 3.05) is 24.5 Å². The van der Waals surface area contributed by atoms with Crippen LogP contribution in [0.1, 0.15) is 11.1 Å². The third kappa shape index (κ3) is 3.15. The van der Waals surface area contributed by atoms with E-state index in [0.717, 1.165) is 18.5 Å². The zero-order valence-electron chi connectivity index (χ0n) is 12.6. The number of para-hydroxylation sites is 1. The van der Waals surface area contributed by atoms with Gasteiger partial charge in [-0.1, -0.05) is 30.3 Å². The zero-order valence-corrected chi connectivity index (χ0v) is 13.4. The molecule has 2 aromatic carbocycles. The second kappa shape index (κ2) is 6.10. The van der Waals surface area contributed by atoms with E-state index in [1.165, 1.54) is 11.3 Å². The Bertz CT molecular complexity index is 772. The first-order valence-electron chi connectivity index (χ1n) is 7.45. The number of aryl methyl sites for hydroxylation is 1. The fourth-order valence-corrected chi connectivity index (χ4v) is 3.95. The molecule has 0 saturated heterocycles. The molecule has 0 aliphatic carbocycles. The summed E-state index contributed by atoms with van der Waals surface area (Å²) in [4.78, 5) is 2.56. The lowest BCUT2D eigenvalue weighted by Gasteiger charge is -2.19. The predicted molar refractivity (Wildman–Crippen MR) is 88.7 cm³/mol. The molecule has 1 N–H and O–H groups in total. The van der Waals surface area contributed by atoms with Crippen molar-refractivity contribution < 1.29 is 8.42 Å². The molecule has 0 aromatic heterocycles. The highest BCUT2D eigenvalue weighted by Gasteiger charge is 2.19. The molecular weight excluding hydrogens is 296 g/mol. The van der Waals surface area contributed by atoms with Crippen molar-refractivity contribution >= 4 is 15.7 Å². The van der Waals surface area contributed by atoms with Gasteiger partial charge in [0.25, 0.3) is 0 Å². The van der Waals surface area contributed by atoms with Gasteiger partial charge in [0.2, 0.25) is 10.0 Å². The first-order chi connectivity index (χ1) is 10.6. The van der Waals surface area contributed by atoms with Crippen LogP contribution in [0.2, 0.25) is 0 Å². The Morgan fingerprint density at radius 1 is 1.14 bits per heavy atom. The Morgan fingerprint density at radius 3 is 2.77 bits per heavy atom. The molecule has 0 unspecified atom stereocenters. The van der Waals surface area contributed by atoms with Gasteiger partial charge in [-0.25, -0.2) is 13.1 Å². The molecule has 3 rings (SSSR count). The molecule has 0 atom stereocenters. The summed E-state index contributed by atoms with van der Waals surface area (Å²) < 4.78 is 27.2. The molecule has 0 amide bonds. The van der Waals surface area contributed by atoms with Crippen molar-refractivity contribution in [2.45, 2.75) is 18.2 Å². The maximum absolute atomic E-state index is 12.3. The number of hydrogen-bond donors (Lipinski definition) is 1. The molecule has 0 bridgehead atoms. The normalized spacial score (nSPS) is 14.1. The van der Waals surface area contributed by atoms with Crippen LogP contribution < -0.4 is 9.62 Å². The zero-order chi connectivity index (χ0) is 15.6. The molecule has 5 heteroatoms. The highest BCUT2D eigenvalue weighted by atomic mass is 32.2. The van der Waals surface area contributed by atoms with E-state index in [-0.39, 0.29) is 0 Å². The molecule has 116 valence electrons. The van der Waals surface area contributed by atoms with Crippen LogP contribution in [0.3, 0.4) is 0 Å². The number of rotatable bonds is 5. The third-order valence-electron chi connectivity index (χ3n) is 3.96. The second-order valence-electron chi connectivity index (χ2n) is 5.58. The molecule has 2 aromatic rings. The molecule has 0 fully saturated rings. The van der Waals surface area contributed by atoms with Crippen molar-refractivity contribution in [2.24, 2.45) is 0 Å². The largest absolute Gasteiger partial charge is 0.370 e. The van der Waals surface area contributed by atoms with Gasteiger partial charge in [0.15, 0.2) is 0 Å². The van der Waals surface area contributed by atoms with Crippen molar-refractivity contribution in [3.63, 3.8) is 0 Å². The number of benzene rings is 2. The van der Waals surface area contributed by atoms with Crippen LogP contribution in [0.15, 0.2) is 53.4 Å². The van der Waals surface area contributed by atoms with Crippen LogP contribution >= 0.6 is 0 Å². The van der Waals surface area contributed by atoms with E-state index >= 15 is 0 Å². The van der Waals surface area contributed by atoms with Gasteiger partial charge in [0.05, 0.1) is 4.90 Å². The van der Waals surface area contributed by atoms with Gasteiger partial charge in [-0.2, -0.15) is 0 Å². The summed E-state index contributed by atoms with van der Waals surface area (Å²) >= 11 is 0. The number of sulfonamides is 1. The van der Waals surface area contributed by atoms with Crippen molar-refractivity contribution in [1.29, 1.82) is 0 Å². The molecule has 22 heavy (non-hydrogen) atoms. The molecule has 0 saturated carbocycles. The lowest BCUT2D eigenvalue weighted by Crippen LogP contribution is -2.34. The number of nitrogens with one attached hydrogen (secondary N) is 1. The van der Waals surface area contributed by atoms with E-state index in [4.69, 9.17) is 0 Å². The first-order valence-corrected chi connectivity index (χ1v) is 8.94. The van der Waals surface area contributed by atoms with Gasteiger partial charge in [0, 0.05) is 25.3 Å². The van der Waals surface area contributed by atoms with Crippen LogP contribution in [0.25, 0.3) is 0 Å². The second-order valence-corrected chi connectivity index (χ2v) is 7.35. The third-order valence-corrected chi connectivity index (χ3v) is 5.42. The number of fused-ring (bicyclic) bond motifs is 1. The van der Waals surface area contributed by atoms with Crippen LogP contribution in [0.4, 0.5) is 5.69 Å². The summed E-state index contributed by atoms with van der Waals surface area (Å²) in [6, 6.07) is 15.3. The van der Waals surface area contributed by atoms with E-state index in [0.29, 0.717) is 18.0 Å².